The lowest BCUT2D eigenvalue weighted by molar-refractivity contribution is 0.318. The predicted octanol–water partition coefficient (Wildman–Crippen LogP) is 2.20. The molecule has 1 aliphatic rings. The van der Waals surface area contributed by atoms with Crippen LogP contribution in [0.15, 0.2) is 23.4 Å². The average Bonchev–Trinajstić information content (AvgIpc) is 3.21. The maximum Gasteiger partial charge on any atom is 0.170 e. The van der Waals surface area contributed by atoms with Crippen LogP contribution in [0.2, 0.25) is 0 Å². The molecule has 2 rings (SSSR count). The molecule has 104 valence electrons. The van der Waals surface area contributed by atoms with Gasteiger partial charge in [0.05, 0.1) is 0 Å². The van der Waals surface area contributed by atoms with E-state index in [2.05, 4.69) is 24.3 Å². The third kappa shape index (κ3) is 3.23. The monoisotopic (exact) mass is 265 g/mol. The highest BCUT2D eigenvalue weighted by Gasteiger charge is 2.37. The topological polar surface area (TPSA) is 70.6 Å². The van der Waals surface area contributed by atoms with E-state index in [9.17, 15) is 4.39 Å². The molecule has 4 N–H and O–H groups in total. The van der Waals surface area contributed by atoms with Crippen LogP contribution in [0.25, 0.3) is 0 Å². The molecule has 1 fully saturated rings. The van der Waals surface area contributed by atoms with Crippen LogP contribution in [-0.2, 0) is 6.54 Å². The van der Waals surface area contributed by atoms with Gasteiger partial charge in [0.2, 0.25) is 0 Å². The van der Waals surface area contributed by atoms with Gasteiger partial charge in [0.1, 0.15) is 5.82 Å². The van der Waals surface area contributed by atoms with Crippen molar-refractivity contribution in [3.8, 4) is 0 Å². The van der Waals surface area contributed by atoms with Crippen LogP contribution in [0.4, 0.5) is 4.39 Å². The van der Waals surface area contributed by atoms with Gasteiger partial charge in [0.25, 0.3) is 0 Å². The normalized spacial score (nSPS) is 16.7. The van der Waals surface area contributed by atoms with Crippen LogP contribution in [0.5, 0.6) is 0 Å². The van der Waals surface area contributed by atoms with Crippen molar-refractivity contribution >= 4 is 5.84 Å². The van der Waals surface area contributed by atoms with Gasteiger partial charge in [-0.2, -0.15) is 0 Å². The summed E-state index contributed by atoms with van der Waals surface area (Å²) in [5.41, 5.74) is 6.43. The Hall–Kier alpha value is -1.62. The largest absolute Gasteiger partial charge is 0.409 e. The molecule has 0 spiro atoms. The van der Waals surface area contributed by atoms with Crippen LogP contribution < -0.4 is 11.1 Å². The minimum absolute atomic E-state index is 0.0384. The van der Waals surface area contributed by atoms with Crippen molar-refractivity contribution in [3.05, 3.63) is 35.1 Å². The molecule has 0 heterocycles. The van der Waals surface area contributed by atoms with E-state index in [1.807, 2.05) is 0 Å². The molecule has 0 amide bonds. The van der Waals surface area contributed by atoms with E-state index in [1.54, 1.807) is 12.1 Å². The second-order valence-electron chi connectivity index (χ2n) is 5.64. The fourth-order valence-electron chi connectivity index (χ4n) is 2.18. The van der Waals surface area contributed by atoms with Crippen LogP contribution in [-0.4, -0.2) is 16.6 Å². The summed E-state index contributed by atoms with van der Waals surface area (Å²) in [6.45, 7) is 4.77. The molecule has 1 aromatic carbocycles. The summed E-state index contributed by atoms with van der Waals surface area (Å²) in [7, 11) is 0. The molecule has 0 aromatic heterocycles. The zero-order valence-corrected chi connectivity index (χ0v) is 11.3. The van der Waals surface area contributed by atoms with Gasteiger partial charge in [0, 0.05) is 23.2 Å². The third-order valence-corrected chi connectivity index (χ3v) is 3.79. The van der Waals surface area contributed by atoms with Gasteiger partial charge in [-0.15, -0.1) is 0 Å². The summed E-state index contributed by atoms with van der Waals surface area (Å²) in [6.07, 6.45) is 2.48. The Morgan fingerprint density at radius 1 is 1.53 bits per heavy atom. The van der Waals surface area contributed by atoms with E-state index < -0.39 is 0 Å². The SMILES string of the molecule is CC(C)(NCc1ccc(/C(N)=N/O)cc1F)C1CC1. The number of benzene rings is 1. The Balaban J connectivity index is 2.05. The lowest BCUT2D eigenvalue weighted by Crippen LogP contribution is -2.40. The standard InChI is InChI=1S/C14H20FN3O/c1-14(2,11-5-6-11)17-8-10-4-3-9(7-12(10)15)13(16)18-19/h3-4,7,11,17,19H,5-6,8H2,1-2H3,(H2,16,18). The fraction of sp³-hybridized carbons (Fsp3) is 0.500. The summed E-state index contributed by atoms with van der Waals surface area (Å²) in [6, 6.07) is 4.61. The van der Waals surface area contributed by atoms with Gasteiger partial charge in [-0.05, 0) is 38.7 Å². The highest BCUT2D eigenvalue weighted by Crippen LogP contribution is 2.39. The number of rotatable bonds is 5. The van der Waals surface area contributed by atoms with Crippen molar-refractivity contribution in [2.24, 2.45) is 16.8 Å². The number of nitrogens with two attached hydrogens (primary N) is 1. The molecule has 0 unspecified atom stereocenters. The number of oxime groups is 1. The molecule has 1 saturated carbocycles. The highest BCUT2D eigenvalue weighted by atomic mass is 19.1. The van der Waals surface area contributed by atoms with Crippen LogP contribution >= 0.6 is 0 Å². The maximum atomic E-state index is 13.9. The Morgan fingerprint density at radius 2 is 2.21 bits per heavy atom. The first-order chi connectivity index (χ1) is 8.94. The molecule has 0 saturated heterocycles. The first-order valence-corrected chi connectivity index (χ1v) is 6.45. The minimum Gasteiger partial charge on any atom is -0.409 e. The number of hydrogen-bond donors (Lipinski definition) is 3. The van der Waals surface area contributed by atoms with E-state index in [4.69, 9.17) is 10.9 Å². The van der Waals surface area contributed by atoms with E-state index in [0.29, 0.717) is 23.6 Å². The Morgan fingerprint density at radius 3 is 2.74 bits per heavy atom. The quantitative estimate of drug-likeness (QED) is 0.331. The number of hydrogen-bond acceptors (Lipinski definition) is 3. The Labute approximate surface area is 112 Å². The molecule has 0 bridgehead atoms. The zero-order valence-electron chi connectivity index (χ0n) is 11.3. The second kappa shape index (κ2) is 5.17. The van der Waals surface area contributed by atoms with Gasteiger partial charge in [-0.1, -0.05) is 17.3 Å². The molecule has 5 heteroatoms. The average molecular weight is 265 g/mol. The Bertz CT molecular complexity index is 495. The predicted molar refractivity (Wildman–Crippen MR) is 72.6 cm³/mol. The van der Waals surface area contributed by atoms with Gasteiger partial charge in [0.15, 0.2) is 5.84 Å². The summed E-state index contributed by atoms with van der Waals surface area (Å²) in [4.78, 5) is 0. The molecule has 19 heavy (non-hydrogen) atoms. The summed E-state index contributed by atoms with van der Waals surface area (Å²) < 4.78 is 13.9. The van der Waals surface area contributed by atoms with Gasteiger partial charge >= 0.3 is 0 Å². The first-order valence-electron chi connectivity index (χ1n) is 6.45. The summed E-state index contributed by atoms with van der Waals surface area (Å²) in [5.74, 6) is 0.256. The lowest BCUT2D eigenvalue weighted by atomic mass is 9.98. The molecular weight excluding hydrogens is 245 g/mol. The molecule has 0 atom stereocenters. The summed E-state index contributed by atoms with van der Waals surface area (Å²) >= 11 is 0. The minimum atomic E-state index is -0.344. The van der Waals surface area contributed by atoms with Crippen molar-refractivity contribution in [3.63, 3.8) is 0 Å². The number of nitrogens with one attached hydrogen (secondary N) is 1. The highest BCUT2D eigenvalue weighted by molar-refractivity contribution is 5.97. The third-order valence-electron chi connectivity index (χ3n) is 3.79. The van der Waals surface area contributed by atoms with Crippen molar-refractivity contribution in [2.45, 2.75) is 38.8 Å². The lowest BCUT2D eigenvalue weighted by Gasteiger charge is -2.26. The van der Waals surface area contributed by atoms with Gasteiger partial charge < -0.3 is 16.3 Å². The zero-order chi connectivity index (χ0) is 14.0. The smallest absolute Gasteiger partial charge is 0.170 e. The van der Waals surface area contributed by atoms with Crippen molar-refractivity contribution in [1.29, 1.82) is 0 Å². The Kier molecular flexibility index (Phi) is 3.75. The maximum absolute atomic E-state index is 13.9. The number of nitrogens with zero attached hydrogens (tertiary/aromatic N) is 1. The van der Waals surface area contributed by atoms with Crippen molar-refractivity contribution < 1.29 is 9.60 Å². The molecule has 1 aromatic rings. The number of halogens is 1. The molecule has 0 aliphatic heterocycles. The molecule has 4 nitrogen and oxygen atoms in total. The van der Waals surface area contributed by atoms with Crippen molar-refractivity contribution in [1.82, 2.24) is 5.32 Å². The van der Waals surface area contributed by atoms with Crippen LogP contribution in [0.1, 0.15) is 37.8 Å². The first kappa shape index (κ1) is 13.8. The van der Waals surface area contributed by atoms with Gasteiger partial charge in [-0.25, -0.2) is 4.39 Å². The summed E-state index contributed by atoms with van der Waals surface area (Å²) in [5, 5.41) is 14.8. The fourth-order valence-corrected chi connectivity index (χ4v) is 2.18. The van der Waals surface area contributed by atoms with E-state index in [0.717, 1.165) is 0 Å². The van der Waals surface area contributed by atoms with Crippen molar-refractivity contribution in [2.75, 3.05) is 0 Å². The second-order valence-corrected chi connectivity index (χ2v) is 5.64. The van der Waals surface area contributed by atoms with Crippen LogP contribution in [0, 0.1) is 11.7 Å². The van der Waals surface area contributed by atoms with E-state index in [1.165, 1.54) is 18.9 Å². The van der Waals surface area contributed by atoms with Crippen LogP contribution in [0.3, 0.4) is 0 Å². The van der Waals surface area contributed by atoms with Gasteiger partial charge in [-0.3, -0.25) is 0 Å². The van der Waals surface area contributed by atoms with E-state index >= 15 is 0 Å². The number of amidine groups is 1. The molecule has 0 radical (unpaired) electrons. The molecule has 1 aliphatic carbocycles. The molecular formula is C14H20FN3O. The van der Waals surface area contributed by atoms with E-state index in [-0.39, 0.29) is 17.2 Å².